The Morgan fingerprint density at radius 2 is 1.93 bits per heavy atom. The molecule has 152 valence electrons. The van der Waals surface area contributed by atoms with E-state index in [1.165, 1.54) is 6.08 Å². The SMILES string of the molecule is COc1ccccc1C=CC(=O)NC(=S)NNC(=O)COc1ccc(Cl)cc1Br. The molecule has 0 bridgehead atoms. The van der Waals surface area contributed by atoms with Gasteiger partial charge in [0.2, 0.25) is 5.91 Å². The van der Waals surface area contributed by atoms with Crippen LogP contribution in [0.5, 0.6) is 11.5 Å². The number of ether oxygens (including phenoxy) is 2. The van der Waals surface area contributed by atoms with Gasteiger partial charge in [0.25, 0.3) is 5.91 Å². The number of thiocarbonyl (C=S) groups is 1. The summed E-state index contributed by atoms with van der Waals surface area (Å²) in [6, 6.07) is 12.2. The number of benzene rings is 2. The van der Waals surface area contributed by atoms with Crippen LogP contribution >= 0.6 is 39.7 Å². The van der Waals surface area contributed by atoms with Gasteiger partial charge in [-0.1, -0.05) is 29.8 Å². The zero-order valence-corrected chi connectivity index (χ0v) is 18.4. The molecule has 7 nitrogen and oxygen atoms in total. The molecule has 2 aromatic rings. The molecule has 0 spiro atoms. The predicted molar refractivity (Wildman–Crippen MR) is 119 cm³/mol. The normalized spacial score (nSPS) is 10.3. The second kappa shape index (κ2) is 11.4. The molecular weight excluding hydrogens is 482 g/mol. The number of hydrazine groups is 1. The summed E-state index contributed by atoms with van der Waals surface area (Å²) in [5.41, 5.74) is 5.49. The average Bonchev–Trinajstić information content (AvgIpc) is 2.70. The van der Waals surface area contributed by atoms with Crippen LogP contribution in [0.1, 0.15) is 5.56 Å². The molecule has 0 saturated heterocycles. The minimum atomic E-state index is -0.493. The number of para-hydroxylation sites is 1. The van der Waals surface area contributed by atoms with Crippen LogP contribution in [0, 0.1) is 0 Å². The number of hydrogen-bond donors (Lipinski definition) is 3. The van der Waals surface area contributed by atoms with E-state index < -0.39 is 11.8 Å². The minimum absolute atomic E-state index is 0.0688. The Balaban J connectivity index is 1.75. The molecule has 2 rings (SSSR count). The van der Waals surface area contributed by atoms with E-state index >= 15 is 0 Å². The van der Waals surface area contributed by atoms with Crippen LogP contribution in [0.25, 0.3) is 6.08 Å². The standard InChI is InChI=1S/C19H17BrClN3O4S/c1-27-15-5-3-2-4-12(15)6-9-17(25)22-19(29)24-23-18(26)11-28-16-8-7-13(21)10-14(16)20/h2-10H,11H2,1H3,(H,23,26)(H2,22,24,25,29). The van der Waals surface area contributed by atoms with Crippen LogP contribution in [-0.4, -0.2) is 30.6 Å². The van der Waals surface area contributed by atoms with Gasteiger partial charge in [0.15, 0.2) is 11.7 Å². The second-order valence-corrected chi connectivity index (χ2v) is 7.13. The lowest BCUT2D eigenvalue weighted by Crippen LogP contribution is -2.49. The number of amides is 2. The van der Waals surface area contributed by atoms with Crippen molar-refractivity contribution >= 4 is 62.8 Å². The van der Waals surface area contributed by atoms with Crippen molar-refractivity contribution in [2.24, 2.45) is 0 Å². The number of nitrogens with one attached hydrogen (secondary N) is 3. The van der Waals surface area contributed by atoms with Gasteiger partial charge in [-0.05, 0) is 58.5 Å². The Bertz CT molecular complexity index is 939. The Labute approximate surface area is 186 Å². The highest BCUT2D eigenvalue weighted by atomic mass is 79.9. The highest BCUT2D eigenvalue weighted by Gasteiger charge is 2.07. The molecule has 0 saturated carbocycles. The monoisotopic (exact) mass is 497 g/mol. The molecule has 10 heteroatoms. The third kappa shape index (κ3) is 7.72. The zero-order valence-electron chi connectivity index (χ0n) is 15.2. The number of hydrogen-bond acceptors (Lipinski definition) is 5. The Morgan fingerprint density at radius 3 is 2.66 bits per heavy atom. The van der Waals surface area contributed by atoms with Gasteiger partial charge in [0, 0.05) is 16.7 Å². The summed E-state index contributed by atoms with van der Waals surface area (Å²) in [5.74, 6) is 0.135. The number of rotatable bonds is 6. The van der Waals surface area contributed by atoms with Crippen molar-refractivity contribution in [2.45, 2.75) is 0 Å². The zero-order chi connectivity index (χ0) is 21.2. The van der Waals surface area contributed by atoms with Crippen LogP contribution in [0.4, 0.5) is 0 Å². The van der Waals surface area contributed by atoms with E-state index in [1.807, 2.05) is 12.1 Å². The van der Waals surface area contributed by atoms with E-state index in [2.05, 4.69) is 32.1 Å². The van der Waals surface area contributed by atoms with Gasteiger partial charge in [-0.25, -0.2) is 0 Å². The van der Waals surface area contributed by atoms with Gasteiger partial charge in [-0.3, -0.25) is 25.8 Å². The van der Waals surface area contributed by atoms with Crippen molar-refractivity contribution in [2.75, 3.05) is 13.7 Å². The molecule has 0 aliphatic carbocycles. The quantitative estimate of drug-likeness (QED) is 0.322. The fourth-order valence-electron chi connectivity index (χ4n) is 2.05. The largest absolute Gasteiger partial charge is 0.496 e. The molecule has 0 aliphatic heterocycles. The summed E-state index contributed by atoms with van der Waals surface area (Å²) >= 11 is 14.1. The molecule has 2 amide bonds. The molecule has 29 heavy (non-hydrogen) atoms. The topological polar surface area (TPSA) is 88.7 Å². The number of halogens is 2. The smallest absolute Gasteiger partial charge is 0.276 e. The first kappa shape index (κ1) is 22.7. The van der Waals surface area contributed by atoms with Crippen molar-refractivity contribution in [1.29, 1.82) is 0 Å². The number of carbonyl (C=O) groups is 2. The van der Waals surface area contributed by atoms with Crippen LogP contribution in [0.2, 0.25) is 5.02 Å². The third-order valence-electron chi connectivity index (χ3n) is 3.36. The Morgan fingerprint density at radius 1 is 1.17 bits per heavy atom. The van der Waals surface area contributed by atoms with Gasteiger partial charge in [0.1, 0.15) is 11.5 Å². The predicted octanol–water partition coefficient (Wildman–Crippen LogP) is 3.23. The lowest BCUT2D eigenvalue weighted by Gasteiger charge is -2.11. The molecule has 0 unspecified atom stereocenters. The number of carbonyl (C=O) groups excluding carboxylic acids is 2. The fraction of sp³-hybridized carbons (Fsp3) is 0.105. The summed E-state index contributed by atoms with van der Waals surface area (Å²) in [6.07, 6.45) is 2.89. The Hall–Kier alpha value is -2.62. The van der Waals surface area contributed by atoms with Crippen LogP contribution in [0.3, 0.4) is 0 Å². The maximum absolute atomic E-state index is 11.9. The van der Waals surface area contributed by atoms with Gasteiger partial charge < -0.3 is 9.47 Å². The van der Waals surface area contributed by atoms with Crippen LogP contribution in [0.15, 0.2) is 53.0 Å². The summed E-state index contributed by atoms with van der Waals surface area (Å²) in [7, 11) is 1.55. The van der Waals surface area contributed by atoms with Crippen molar-refractivity contribution in [3.63, 3.8) is 0 Å². The summed E-state index contributed by atoms with van der Waals surface area (Å²) in [6.45, 7) is -0.266. The van der Waals surface area contributed by atoms with E-state index in [0.717, 1.165) is 5.56 Å². The van der Waals surface area contributed by atoms with Gasteiger partial charge in [-0.15, -0.1) is 0 Å². The number of methoxy groups -OCH3 is 1. The van der Waals surface area contributed by atoms with Crippen molar-refractivity contribution < 1.29 is 19.1 Å². The van der Waals surface area contributed by atoms with Crippen molar-refractivity contribution in [3.05, 3.63) is 63.6 Å². The molecule has 0 fully saturated rings. The van der Waals surface area contributed by atoms with Crippen LogP contribution in [-0.2, 0) is 9.59 Å². The first-order valence-electron chi connectivity index (χ1n) is 8.18. The maximum atomic E-state index is 11.9. The first-order chi connectivity index (χ1) is 13.9. The van der Waals surface area contributed by atoms with E-state index in [1.54, 1.807) is 43.5 Å². The van der Waals surface area contributed by atoms with E-state index in [0.29, 0.717) is 21.0 Å². The first-order valence-corrected chi connectivity index (χ1v) is 9.75. The average molecular weight is 499 g/mol. The Kier molecular flexibility index (Phi) is 8.91. The van der Waals surface area contributed by atoms with Gasteiger partial charge in [-0.2, -0.15) is 0 Å². The molecule has 0 aromatic heterocycles. The van der Waals surface area contributed by atoms with E-state index in [9.17, 15) is 9.59 Å². The van der Waals surface area contributed by atoms with E-state index in [4.69, 9.17) is 33.3 Å². The van der Waals surface area contributed by atoms with Crippen LogP contribution < -0.4 is 25.6 Å². The van der Waals surface area contributed by atoms with E-state index in [-0.39, 0.29) is 11.7 Å². The van der Waals surface area contributed by atoms with Gasteiger partial charge >= 0.3 is 0 Å². The molecule has 0 atom stereocenters. The summed E-state index contributed by atoms with van der Waals surface area (Å²) in [5, 5.41) is 2.88. The molecule has 0 radical (unpaired) electrons. The molecule has 0 heterocycles. The lowest BCUT2D eigenvalue weighted by molar-refractivity contribution is -0.123. The second-order valence-electron chi connectivity index (χ2n) is 5.43. The maximum Gasteiger partial charge on any atom is 0.276 e. The van der Waals surface area contributed by atoms with Gasteiger partial charge in [0.05, 0.1) is 11.6 Å². The highest BCUT2D eigenvalue weighted by molar-refractivity contribution is 9.10. The van der Waals surface area contributed by atoms with Crippen molar-refractivity contribution in [1.82, 2.24) is 16.2 Å². The summed E-state index contributed by atoms with van der Waals surface area (Å²) in [4.78, 5) is 23.8. The molecule has 3 N–H and O–H groups in total. The molecular formula is C19H17BrClN3O4S. The molecule has 2 aromatic carbocycles. The third-order valence-corrected chi connectivity index (χ3v) is 4.42. The summed E-state index contributed by atoms with van der Waals surface area (Å²) < 4.78 is 11.2. The molecule has 0 aliphatic rings. The highest BCUT2D eigenvalue weighted by Crippen LogP contribution is 2.27. The van der Waals surface area contributed by atoms with Crippen molar-refractivity contribution in [3.8, 4) is 11.5 Å². The lowest BCUT2D eigenvalue weighted by atomic mass is 10.2. The minimum Gasteiger partial charge on any atom is -0.496 e. The fourth-order valence-corrected chi connectivity index (χ4v) is 3.00.